The highest BCUT2D eigenvalue weighted by Crippen LogP contribution is 2.43. The average molecular weight is 495 g/mol. The van der Waals surface area contributed by atoms with Gasteiger partial charge in [0.15, 0.2) is 0 Å². The number of fused-ring (bicyclic) bond motifs is 1. The molecule has 1 N–H and O–H groups in total. The zero-order valence-electron chi connectivity index (χ0n) is 19.1. The third-order valence-corrected chi connectivity index (χ3v) is 7.81. The number of piperidine rings is 1. The number of rotatable bonds is 8. The maximum atomic E-state index is 12.3. The fourth-order valence-electron chi connectivity index (χ4n) is 4.03. The monoisotopic (exact) mass is 494 g/mol. The Kier molecular flexibility index (Phi) is 7.16. The molecule has 178 valence electrons. The summed E-state index contributed by atoms with van der Waals surface area (Å²) in [5, 5.41) is 3.51. The Morgan fingerprint density at radius 1 is 1.06 bits per heavy atom. The summed E-state index contributed by atoms with van der Waals surface area (Å²) >= 11 is 6.34. The predicted octanol–water partition coefficient (Wildman–Crippen LogP) is 4.63. The van der Waals surface area contributed by atoms with Crippen LogP contribution in [-0.2, 0) is 13.6 Å². The number of methoxy groups -OCH3 is 2. The number of ether oxygens (including phenoxy) is 2. The van der Waals surface area contributed by atoms with Crippen molar-refractivity contribution in [2.24, 2.45) is 0 Å². The Bertz CT molecular complexity index is 1170. The minimum Gasteiger partial charge on any atom is -0.496 e. The molecule has 4 rings (SSSR count). The van der Waals surface area contributed by atoms with Crippen LogP contribution in [0.4, 0.5) is 5.69 Å². The van der Waals surface area contributed by atoms with Crippen molar-refractivity contribution in [1.29, 1.82) is 0 Å². The van der Waals surface area contributed by atoms with Crippen molar-refractivity contribution in [3.8, 4) is 22.8 Å². The van der Waals surface area contributed by atoms with Crippen molar-refractivity contribution in [1.82, 2.24) is 14.5 Å². The van der Waals surface area contributed by atoms with Crippen molar-refractivity contribution in [2.45, 2.75) is 18.9 Å². The van der Waals surface area contributed by atoms with E-state index in [0.717, 1.165) is 48.5 Å². The molecule has 3 heterocycles. The molecule has 0 radical (unpaired) electrons. The number of hydrogen-bond acceptors (Lipinski definition) is 7. The van der Waals surface area contributed by atoms with Crippen LogP contribution < -0.4 is 19.5 Å². The number of aromatic nitrogens is 2. The first-order chi connectivity index (χ1) is 15.9. The maximum absolute atomic E-state index is 12.3. The van der Waals surface area contributed by atoms with E-state index in [0.29, 0.717) is 16.5 Å². The fourth-order valence-corrected chi connectivity index (χ4v) is 5.33. The molecule has 0 spiro atoms. The number of hydrogen-bond donors (Lipinski definition) is 1. The Morgan fingerprint density at radius 3 is 2.39 bits per heavy atom. The third-order valence-electron chi connectivity index (χ3n) is 5.88. The van der Waals surface area contributed by atoms with Gasteiger partial charge in [-0.3, -0.25) is 0 Å². The number of imidazole rings is 1. The first-order valence-corrected chi connectivity index (χ1v) is 12.5. The number of benzene rings is 1. The zero-order valence-corrected chi connectivity index (χ0v) is 20.7. The van der Waals surface area contributed by atoms with Gasteiger partial charge in [0, 0.05) is 69.1 Å². The van der Waals surface area contributed by atoms with E-state index >= 15 is 0 Å². The van der Waals surface area contributed by atoms with Crippen LogP contribution in [-0.4, -0.2) is 57.0 Å². The lowest BCUT2D eigenvalue weighted by Gasteiger charge is -2.34. The van der Waals surface area contributed by atoms with Gasteiger partial charge in [0.1, 0.15) is 17.1 Å². The smallest absolute Gasteiger partial charge is 0.405 e. The summed E-state index contributed by atoms with van der Waals surface area (Å²) in [6, 6.07) is 7.76. The second-order valence-corrected chi connectivity index (χ2v) is 10.1. The molecule has 1 aliphatic heterocycles. The zero-order chi connectivity index (χ0) is 23.6. The highest BCUT2D eigenvalue weighted by molar-refractivity contribution is 7.51. The molecule has 0 saturated carbocycles. The van der Waals surface area contributed by atoms with Crippen LogP contribution >= 0.6 is 19.3 Å². The minimum absolute atomic E-state index is 0.0704. The van der Waals surface area contributed by atoms with Crippen molar-refractivity contribution >= 4 is 30.7 Å². The fraction of sp³-hybridized carbons (Fsp3) is 0.409. The lowest BCUT2D eigenvalue weighted by atomic mass is 10.1. The third kappa shape index (κ3) is 4.98. The number of pyridine rings is 1. The standard InChI is InChI=1S/C22H28ClN4O5P/c1-29-20-13-21(30-2)18(23)12-17(20)19-14-27-10-7-16(11-22(27)24-19)26-8-5-15(6-9-26)25-33(28,31-3)32-4/h7,10-15H,5-6,8-9H2,1-4H3,(H,25,28). The molecule has 1 aromatic carbocycles. The van der Waals surface area contributed by atoms with E-state index in [9.17, 15) is 4.57 Å². The van der Waals surface area contributed by atoms with E-state index in [2.05, 4.69) is 22.1 Å². The van der Waals surface area contributed by atoms with Crippen molar-refractivity contribution < 1.29 is 23.1 Å². The van der Waals surface area contributed by atoms with Crippen LogP contribution in [0.5, 0.6) is 11.5 Å². The van der Waals surface area contributed by atoms with E-state index in [-0.39, 0.29) is 6.04 Å². The molecular weight excluding hydrogens is 467 g/mol. The van der Waals surface area contributed by atoms with Gasteiger partial charge in [-0.2, -0.15) is 0 Å². The average Bonchev–Trinajstić information content (AvgIpc) is 3.27. The van der Waals surface area contributed by atoms with Gasteiger partial charge in [0.2, 0.25) is 0 Å². The summed E-state index contributed by atoms with van der Waals surface area (Å²) in [6.07, 6.45) is 5.59. The normalized spacial score (nSPS) is 15.2. The molecular formula is C22H28ClN4O5P. The van der Waals surface area contributed by atoms with Crippen molar-refractivity contribution in [3.63, 3.8) is 0 Å². The van der Waals surface area contributed by atoms with Crippen molar-refractivity contribution in [2.75, 3.05) is 46.4 Å². The molecule has 0 bridgehead atoms. The quantitative estimate of drug-likeness (QED) is 0.454. The molecule has 0 amide bonds. The predicted molar refractivity (Wildman–Crippen MR) is 129 cm³/mol. The van der Waals surface area contributed by atoms with Crippen molar-refractivity contribution in [3.05, 3.63) is 41.7 Å². The highest BCUT2D eigenvalue weighted by Gasteiger charge is 2.28. The highest BCUT2D eigenvalue weighted by atomic mass is 35.5. The lowest BCUT2D eigenvalue weighted by Crippen LogP contribution is -2.41. The van der Waals surface area contributed by atoms with E-state index in [4.69, 9.17) is 35.1 Å². The summed E-state index contributed by atoms with van der Waals surface area (Å²) in [6.45, 7) is 1.63. The molecule has 0 unspecified atom stereocenters. The lowest BCUT2D eigenvalue weighted by molar-refractivity contribution is 0.254. The molecule has 11 heteroatoms. The molecule has 2 aromatic heterocycles. The van der Waals surface area contributed by atoms with Crippen LogP contribution in [0.1, 0.15) is 12.8 Å². The summed E-state index contributed by atoms with van der Waals surface area (Å²) in [5.74, 6) is 1.19. The van der Waals surface area contributed by atoms with E-state index in [1.165, 1.54) is 14.2 Å². The first kappa shape index (κ1) is 23.9. The summed E-state index contributed by atoms with van der Waals surface area (Å²) in [5.41, 5.74) is 3.45. The first-order valence-electron chi connectivity index (χ1n) is 10.5. The Hall–Kier alpha value is -2.29. The topological polar surface area (TPSA) is 86.6 Å². The van der Waals surface area contributed by atoms with E-state index < -0.39 is 7.75 Å². The summed E-state index contributed by atoms with van der Waals surface area (Å²) < 4.78 is 35.1. The van der Waals surface area contributed by atoms with E-state index in [1.807, 2.05) is 16.8 Å². The van der Waals surface area contributed by atoms with Crippen LogP contribution in [0.3, 0.4) is 0 Å². The number of halogens is 1. The minimum atomic E-state index is -3.23. The van der Waals surface area contributed by atoms with Crippen LogP contribution in [0, 0.1) is 0 Å². The Labute approximate surface area is 198 Å². The largest absolute Gasteiger partial charge is 0.496 e. The van der Waals surface area contributed by atoms with Gasteiger partial charge < -0.3 is 27.8 Å². The van der Waals surface area contributed by atoms with Gasteiger partial charge in [-0.05, 0) is 25.0 Å². The second-order valence-electron chi connectivity index (χ2n) is 7.72. The summed E-state index contributed by atoms with van der Waals surface area (Å²) in [7, 11) is 2.72. The van der Waals surface area contributed by atoms with E-state index in [1.54, 1.807) is 26.4 Å². The number of anilines is 1. The van der Waals surface area contributed by atoms with Crippen LogP contribution in [0.2, 0.25) is 5.02 Å². The van der Waals surface area contributed by atoms with Crippen LogP contribution in [0.25, 0.3) is 16.9 Å². The maximum Gasteiger partial charge on any atom is 0.405 e. The van der Waals surface area contributed by atoms with Gasteiger partial charge in [0.05, 0.1) is 24.9 Å². The van der Waals surface area contributed by atoms with Gasteiger partial charge >= 0.3 is 7.75 Å². The molecule has 9 nitrogen and oxygen atoms in total. The summed E-state index contributed by atoms with van der Waals surface area (Å²) in [4.78, 5) is 7.10. The van der Waals surface area contributed by atoms with Gasteiger partial charge in [-0.1, -0.05) is 11.6 Å². The molecule has 0 aliphatic carbocycles. The Balaban J connectivity index is 1.53. The molecule has 3 aromatic rings. The van der Waals surface area contributed by atoms with Crippen LogP contribution in [0.15, 0.2) is 36.7 Å². The second kappa shape index (κ2) is 9.91. The molecule has 0 atom stereocenters. The number of nitrogens with one attached hydrogen (secondary N) is 1. The molecule has 1 aliphatic rings. The SMILES string of the molecule is COc1cc(OC)c(-c2cn3ccc(N4CCC(NP(=O)(OC)OC)CC4)cc3n2)cc1Cl. The van der Waals surface area contributed by atoms with Gasteiger partial charge in [-0.25, -0.2) is 14.6 Å². The van der Waals surface area contributed by atoms with Gasteiger partial charge in [-0.15, -0.1) is 0 Å². The Morgan fingerprint density at radius 2 is 1.76 bits per heavy atom. The molecule has 1 saturated heterocycles. The molecule has 1 fully saturated rings. The van der Waals surface area contributed by atoms with Gasteiger partial charge in [0.25, 0.3) is 0 Å². The number of nitrogens with zero attached hydrogens (tertiary/aromatic N) is 3. The molecule has 33 heavy (non-hydrogen) atoms.